The summed E-state index contributed by atoms with van der Waals surface area (Å²) in [5.41, 5.74) is 2.11. The molecule has 7 nitrogen and oxygen atoms in total. The third-order valence-electron chi connectivity index (χ3n) is 5.91. The second-order valence-electron chi connectivity index (χ2n) is 8.28. The number of rotatable bonds is 8. The second kappa shape index (κ2) is 11.2. The van der Waals surface area contributed by atoms with Crippen molar-refractivity contribution in [2.24, 2.45) is 5.92 Å². The van der Waals surface area contributed by atoms with Crippen LogP contribution in [0, 0.1) is 12.8 Å². The molecule has 1 atom stereocenters. The van der Waals surface area contributed by atoms with E-state index >= 15 is 0 Å². The molecule has 2 heterocycles. The fourth-order valence-corrected chi connectivity index (χ4v) is 4.94. The number of carbonyl (C=O) groups is 1. The summed E-state index contributed by atoms with van der Waals surface area (Å²) in [6.45, 7) is 3.93. The van der Waals surface area contributed by atoms with Gasteiger partial charge in [-0.2, -0.15) is 0 Å². The molecule has 34 heavy (non-hydrogen) atoms. The Morgan fingerprint density at radius 2 is 1.91 bits per heavy atom. The van der Waals surface area contributed by atoms with Gasteiger partial charge in [0, 0.05) is 42.5 Å². The van der Waals surface area contributed by atoms with Gasteiger partial charge in [0.1, 0.15) is 16.5 Å². The van der Waals surface area contributed by atoms with E-state index in [1.54, 1.807) is 38.4 Å². The molecule has 1 fully saturated rings. The number of ether oxygens (including phenoxy) is 2. The fourth-order valence-electron chi connectivity index (χ4n) is 4.06. The van der Waals surface area contributed by atoms with Crippen LogP contribution < -0.4 is 19.7 Å². The summed E-state index contributed by atoms with van der Waals surface area (Å²) in [5, 5.41) is 3.94. The molecular formula is C26H30N4O3S. The smallest absolute Gasteiger partial charge is 0.225 e. The van der Waals surface area contributed by atoms with Crippen molar-refractivity contribution in [3.05, 3.63) is 66.0 Å². The number of nitrogens with zero attached hydrogens (tertiary/aromatic N) is 3. The second-order valence-corrected chi connectivity index (χ2v) is 9.34. The van der Waals surface area contributed by atoms with Gasteiger partial charge in [-0.3, -0.25) is 4.79 Å². The van der Waals surface area contributed by atoms with E-state index in [4.69, 9.17) is 9.47 Å². The topological polar surface area (TPSA) is 76.6 Å². The van der Waals surface area contributed by atoms with Crippen molar-refractivity contribution < 1.29 is 14.3 Å². The lowest BCUT2D eigenvalue weighted by Gasteiger charge is -2.33. The summed E-state index contributed by atoms with van der Waals surface area (Å²) < 4.78 is 10.7. The standard InChI is InChI=1S/C26H30N4O3S/c1-18-6-9-22(10-7-18)34-26-24(27-12-13-28-26)30-14-4-5-19(17-30)25(31)29-16-20-15-21(32-2)8-11-23(20)33-3/h6-13,15,19H,4-5,14,16-17H2,1-3H3,(H,29,31). The highest BCUT2D eigenvalue weighted by molar-refractivity contribution is 7.99. The average molecular weight is 479 g/mol. The summed E-state index contributed by atoms with van der Waals surface area (Å²) in [4.78, 5) is 25.6. The van der Waals surface area contributed by atoms with E-state index in [0.717, 1.165) is 52.2 Å². The van der Waals surface area contributed by atoms with Crippen LogP contribution in [0.3, 0.4) is 0 Å². The number of carbonyl (C=O) groups excluding carboxylic acids is 1. The summed E-state index contributed by atoms with van der Waals surface area (Å²) in [6, 6.07) is 14.0. The van der Waals surface area contributed by atoms with E-state index in [1.165, 1.54) is 5.56 Å². The van der Waals surface area contributed by atoms with Crippen LogP contribution in [-0.4, -0.2) is 43.2 Å². The van der Waals surface area contributed by atoms with Crippen LogP contribution in [0.1, 0.15) is 24.0 Å². The lowest BCUT2D eigenvalue weighted by atomic mass is 9.97. The van der Waals surface area contributed by atoms with E-state index in [2.05, 4.69) is 51.4 Å². The summed E-state index contributed by atoms with van der Waals surface area (Å²) >= 11 is 1.60. The number of aryl methyl sites for hydroxylation is 1. The zero-order valence-electron chi connectivity index (χ0n) is 19.8. The summed E-state index contributed by atoms with van der Waals surface area (Å²) in [6.07, 6.45) is 5.20. The van der Waals surface area contributed by atoms with Gasteiger partial charge in [-0.25, -0.2) is 9.97 Å². The predicted molar refractivity (Wildman–Crippen MR) is 134 cm³/mol. The first-order valence-corrected chi connectivity index (χ1v) is 12.2. The van der Waals surface area contributed by atoms with Crippen molar-refractivity contribution in [1.29, 1.82) is 0 Å². The maximum absolute atomic E-state index is 13.1. The van der Waals surface area contributed by atoms with E-state index in [0.29, 0.717) is 13.1 Å². The van der Waals surface area contributed by atoms with Crippen LogP contribution in [-0.2, 0) is 11.3 Å². The van der Waals surface area contributed by atoms with Crippen LogP contribution in [0.15, 0.2) is 64.8 Å². The molecule has 2 aromatic carbocycles. The highest BCUT2D eigenvalue weighted by atomic mass is 32.2. The molecule has 1 aliphatic heterocycles. The molecule has 0 aliphatic carbocycles. The number of anilines is 1. The molecule has 4 rings (SSSR count). The molecule has 3 aromatic rings. The number of aromatic nitrogens is 2. The Balaban J connectivity index is 1.43. The van der Waals surface area contributed by atoms with Gasteiger partial charge < -0.3 is 19.7 Å². The lowest BCUT2D eigenvalue weighted by molar-refractivity contribution is -0.125. The molecule has 0 saturated carbocycles. The Morgan fingerprint density at radius 1 is 1.12 bits per heavy atom. The Morgan fingerprint density at radius 3 is 2.68 bits per heavy atom. The highest BCUT2D eigenvalue weighted by Gasteiger charge is 2.28. The molecule has 1 unspecified atom stereocenters. The Hall–Kier alpha value is -3.26. The van der Waals surface area contributed by atoms with Gasteiger partial charge >= 0.3 is 0 Å². The van der Waals surface area contributed by atoms with Crippen LogP contribution in [0.2, 0.25) is 0 Å². The SMILES string of the molecule is COc1ccc(OC)c(CNC(=O)C2CCCN(c3nccnc3Sc3ccc(C)cc3)C2)c1. The third-order valence-corrected chi connectivity index (χ3v) is 6.90. The van der Waals surface area contributed by atoms with E-state index in [9.17, 15) is 4.79 Å². The van der Waals surface area contributed by atoms with Gasteiger partial charge in [-0.15, -0.1) is 0 Å². The largest absolute Gasteiger partial charge is 0.497 e. The van der Waals surface area contributed by atoms with Crippen molar-refractivity contribution in [2.45, 2.75) is 36.2 Å². The third kappa shape index (κ3) is 5.80. The number of amides is 1. The minimum absolute atomic E-state index is 0.0335. The number of nitrogens with one attached hydrogen (secondary N) is 1. The van der Waals surface area contributed by atoms with E-state index in [-0.39, 0.29) is 11.8 Å². The van der Waals surface area contributed by atoms with Crippen molar-refractivity contribution in [3.63, 3.8) is 0 Å². The quantitative estimate of drug-likeness (QED) is 0.511. The molecule has 0 bridgehead atoms. The normalized spacial score (nSPS) is 15.6. The van der Waals surface area contributed by atoms with Gasteiger partial charge in [0.05, 0.1) is 20.1 Å². The van der Waals surface area contributed by atoms with E-state index in [1.807, 2.05) is 18.2 Å². The minimum atomic E-state index is -0.121. The van der Waals surface area contributed by atoms with Crippen molar-refractivity contribution in [1.82, 2.24) is 15.3 Å². The summed E-state index contributed by atoms with van der Waals surface area (Å²) in [5.74, 6) is 2.20. The first-order valence-electron chi connectivity index (χ1n) is 11.4. The molecule has 1 amide bonds. The van der Waals surface area contributed by atoms with Crippen LogP contribution in [0.5, 0.6) is 11.5 Å². The molecule has 1 saturated heterocycles. The Labute approximate surface area is 204 Å². The van der Waals surface area contributed by atoms with Crippen molar-refractivity contribution >= 4 is 23.5 Å². The maximum Gasteiger partial charge on any atom is 0.225 e. The average Bonchev–Trinajstić information content (AvgIpc) is 2.88. The molecule has 1 N–H and O–H groups in total. The predicted octanol–water partition coefficient (Wildman–Crippen LogP) is 4.49. The van der Waals surface area contributed by atoms with Crippen molar-refractivity contribution in [2.75, 3.05) is 32.2 Å². The Bertz CT molecular complexity index is 1120. The lowest BCUT2D eigenvalue weighted by Crippen LogP contribution is -2.43. The molecule has 0 radical (unpaired) electrons. The number of hydrogen-bond acceptors (Lipinski definition) is 7. The van der Waals surface area contributed by atoms with Crippen molar-refractivity contribution in [3.8, 4) is 11.5 Å². The van der Waals surface area contributed by atoms with Crippen LogP contribution >= 0.6 is 11.8 Å². The minimum Gasteiger partial charge on any atom is -0.497 e. The van der Waals surface area contributed by atoms with Gasteiger partial charge in [0.15, 0.2) is 5.82 Å². The summed E-state index contributed by atoms with van der Waals surface area (Å²) in [7, 11) is 3.25. The molecule has 1 aromatic heterocycles. The molecule has 1 aliphatic rings. The van der Waals surface area contributed by atoms with Gasteiger partial charge in [0.25, 0.3) is 0 Å². The molecule has 178 valence electrons. The van der Waals surface area contributed by atoms with Gasteiger partial charge in [-0.05, 0) is 50.1 Å². The monoisotopic (exact) mass is 478 g/mol. The molecular weight excluding hydrogens is 448 g/mol. The fraction of sp³-hybridized carbons (Fsp3) is 0.346. The number of piperidine rings is 1. The highest BCUT2D eigenvalue weighted by Crippen LogP contribution is 2.34. The molecule has 8 heteroatoms. The van der Waals surface area contributed by atoms with E-state index < -0.39 is 0 Å². The number of hydrogen-bond donors (Lipinski definition) is 1. The first-order chi connectivity index (χ1) is 16.6. The maximum atomic E-state index is 13.1. The van der Waals surface area contributed by atoms with Crippen LogP contribution in [0.25, 0.3) is 0 Å². The zero-order chi connectivity index (χ0) is 23.9. The molecule has 0 spiro atoms. The Kier molecular flexibility index (Phi) is 7.90. The first kappa shape index (κ1) is 23.9. The van der Waals surface area contributed by atoms with Gasteiger partial charge in [-0.1, -0.05) is 29.5 Å². The number of methoxy groups -OCH3 is 2. The number of benzene rings is 2. The zero-order valence-corrected chi connectivity index (χ0v) is 20.6. The van der Waals surface area contributed by atoms with Gasteiger partial charge in [0.2, 0.25) is 5.91 Å². The van der Waals surface area contributed by atoms with Crippen LogP contribution in [0.4, 0.5) is 5.82 Å².